The van der Waals surface area contributed by atoms with Crippen molar-refractivity contribution in [3.05, 3.63) is 35.4 Å². The molecule has 0 fully saturated rings. The average molecular weight is 198 g/mol. The number of carbonyl (C=O) groups excluding carboxylic acids is 1. The Bertz CT molecular complexity index is 345. The van der Waals surface area contributed by atoms with E-state index in [1.165, 1.54) is 31.4 Å². The third-order valence-corrected chi connectivity index (χ3v) is 1.53. The van der Waals surface area contributed by atoms with Crippen molar-refractivity contribution in [2.24, 2.45) is 0 Å². The lowest BCUT2D eigenvalue weighted by Gasteiger charge is -1.99. The topological polar surface area (TPSA) is 95.1 Å². The Balaban J connectivity index is 0.00000169. The van der Waals surface area contributed by atoms with E-state index < -0.39 is 11.9 Å². The maximum absolute atomic E-state index is 11.0. The van der Waals surface area contributed by atoms with E-state index in [2.05, 4.69) is 4.74 Å². The van der Waals surface area contributed by atoms with Gasteiger partial charge >= 0.3 is 11.9 Å². The maximum Gasteiger partial charge on any atom is 0.337 e. The first-order chi connectivity index (χ1) is 6.15. The van der Waals surface area contributed by atoms with Crippen molar-refractivity contribution in [1.82, 2.24) is 0 Å². The van der Waals surface area contributed by atoms with Crippen LogP contribution in [0.3, 0.4) is 0 Å². The van der Waals surface area contributed by atoms with Crippen LogP contribution < -0.4 is 0 Å². The molecule has 0 saturated carbocycles. The molecule has 0 heterocycles. The lowest BCUT2D eigenvalue weighted by atomic mass is 10.1. The van der Waals surface area contributed by atoms with Crippen LogP contribution in [0.15, 0.2) is 24.3 Å². The number of esters is 1. The van der Waals surface area contributed by atoms with Crippen LogP contribution in [0.4, 0.5) is 0 Å². The van der Waals surface area contributed by atoms with Gasteiger partial charge in [0.25, 0.3) is 0 Å². The monoisotopic (exact) mass is 198 g/mol. The average Bonchev–Trinajstić information content (AvgIpc) is 2.17. The molecule has 0 radical (unpaired) electrons. The van der Waals surface area contributed by atoms with Crippen LogP contribution in [0.5, 0.6) is 0 Å². The predicted octanol–water partition coefficient (Wildman–Crippen LogP) is 0.347. The van der Waals surface area contributed by atoms with Gasteiger partial charge in [0.05, 0.1) is 18.2 Å². The van der Waals surface area contributed by atoms with Gasteiger partial charge < -0.3 is 15.3 Å². The molecular weight excluding hydrogens is 188 g/mol. The van der Waals surface area contributed by atoms with Crippen LogP contribution in [0, 0.1) is 0 Å². The minimum absolute atomic E-state index is 0. The van der Waals surface area contributed by atoms with E-state index in [1.54, 1.807) is 0 Å². The van der Waals surface area contributed by atoms with E-state index in [1.807, 2.05) is 0 Å². The van der Waals surface area contributed by atoms with E-state index in [0.717, 1.165) is 0 Å². The highest BCUT2D eigenvalue weighted by Gasteiger charge is 2.08. The fourth-order valence-corrected chi connectivity index (χ4v) is 0.897. The summed E-state index contributed by atoms with van der Waals surface area (Å²) in [6.07, 6.45) is 0. The molecule has 1 aromatic rings. The Labute approximate surface area is 80.2 Å². The lowest BCUT2D eigenvalue weighted by Crippen LogP contribution is -2.03. The zero-order valence-corrected chi connectivity index (χ0v) is 7.48. The molecule has 0 aliphatic heterocycles. The van der Waals surface area contributed by atoms with Crippen molar-refractivity contribution in [2.75, 3.05) is 7.11 Å². The molecule has 1 rings (SSSR count). The van der Waals surface area contributed by atoms with Crippen LogP contribution in [-0.2, 0) is 4.74 Å². The van der Waals surface area contributed by atoms with E-state index in [4.69, 9.17) is 5.11 Å². The summed E-state index contributed by atoms with van der Waals surface area (Å²) in [6, 6.07) is 5.68. The number of benzene rings is 1. The van der Waals surface area contributed by atoms with Crippen LogP contribution >= 0.6 is 0 Å². The fraction of sp³-hybridized carbons (Fsp3) is 0.111. The van der Waals surface area contributed by atoms with Gasteiger partial charge in [0, 0.05) is 0 Å². The Morgan fingerprint density at radius 1 is 1.29 bits per heavy atom. The zero-order valence-electron chi connectivity index (χ0n) is 7.48. The summed E-state index contributed by atoms with van der Waals surface area (Å²) in [7, 11) is 1.25. The number of methoxy groups -OCH3 is 1. The van der Waals surface area contributed by atoms with Gasteiger partial charge in [0.1, 0.15) is 0 Å². The number of carboxylic acids is 1. The number of ether oxygens (including phenoxy) is 1. The van der Waals surface area contributed by atoms with Gasteiger partial charge in [-0.2, -0.15) is 0 Å². The lowest BCUT2D eigenvalue weighted by molar-refractivity contribution is 0.0600. The molecule has 0 amide bonds. The van der Waals surface area contributed by atoms with Crippen LogP contribution in [-0.4, -0.2) is 29.6 Å². The number of aromatic carboxylic acids is 1. The second-order valence-electron chi connectivity index (χ2n) is 2.38. The Kier molecular flexibility index (Phi) is 4.31. The van der Waals surface area contributed by atoms with Crippen LogP contribution in [0.2, 0.25) is 0 Å². The Hall–Kier alpha value is -1.88. The quantitative estimate of drug-likeness (QED) is 0.693. The highest BCUT2D eigenvalue weighted by Crippen LogP contribution is 2.06. The zero-order chi connectivity index (χ0) is 9.84. The molecule has 0 aliphatic carbocycles. The summed E-state index contributed by atoms with van der Waals surface area (Å²) in [5.41, 5.74) is 0.310. The van der Waals surface area contributed by atoms with Gasteiger partial charge in [0.2, 0.25) is 0 Å². The molecule has 0 atom stereocenters. The summed E-state index contributed by atoms with van der Waals surface area (Å²) in [4.78, 5) is 21.5. The molecule has 0 unspecified atom stereocenters. The van der Waals surface area contributed by atoms with Gasteiger partial charge in [-0.3, -0.25) is 0 Å². The largest absolute Gasteiger partial charge is 0.478 e. The van der Waals surface area contributed by atoms with Gasteiger partial charge in [-0.25, -0.2) is 9.59 Å². The Morgan fingerprint density at radius 3 is 2.36 bits per heavy atom. The molecule has 0 aromatic heterocycles. The minimum atomic E-state index is -1.06. The molecule has 1 aromatic carbocycles. The smallest absolute Gasteiger partial charge is 0.337 e. The number of hydrogen-bond donors (Lipinski definition) is 1. The minimum Gasteiger partial charge on any atom is -0.478 e. The van der Waals surface area contributed by atoms with Gasteiger partial charge in [-0.1, -0.05) is 6.07 Å². The highest BCUT2D eigenvalue weighted by atomic mass is 16.5. The molecule has 0 aliphatic rings. The van der Waals surface area contributed by atoms with Crippen molar-refractivity contribution in [2.45, 2.75) is 0 Å². The second-order valence-corrected chi connectivity index (χ2v) is 2.38. The van der Waals surface area contributed by atoms with Crippen molar-refractivity contribution in [3.8, 4) is 0 Å². The van der Waals surface area contributed by atoms with Crippen molar-refractivity contribution in [1.29, 1.82) is 0 Å². The first-order valence-electron chi connectivity index (χ1n) is 3.57. The summed E-state index contributed by atoms with van der Waals surface area (Å²) in [5, 5.41) is 8.61. The van der Waals surface area contributed by atoms with E-state index in [-0.39, 0.29) is 16.6 Å². The second kappa shape index (κ2) is 4.98. The highest BCUT2D eigenvalue weighted by molar-refractivity contribution is 5.94. The van der Waals surface area contributed by atoms with Crippen LogP contribution in [0.1, 0.15) is 20.7 Å². The van der Waals surface area contributed by atoms with E-state index >= 15 is 0 Å². The van der Waals surface area contributed by atoms with Crippen molar-refractivity contribution >= 4 is 11.9 Å². The number of carboxylic acid groups (broad SMARTS) is 1. The maximum atomic E-state index is 11.0. The third kappa shape index (κ3) is 2.56. The molecule has 0 bridgehead atoms. The third-order valence-electron chi connectivity index (χ3n) is 1.53. The summed E-state index contributed by atoms with van der Waals surface area (Å²) >= 11 is 0. The van der Waals surface area contributed by atoms with Gasteiger partial charge in [-0.15, -0.1) is 0 Å². The summed E-state index contributed by atoms with van der Waals surface area (Å²) in [5.74, 6) is -1.60. The van der Waals surface area contributed by atoms with Gasteiger partial charge in [-0.05, 0) is 18.2 Å². The molecule has 5 heteroatoms. The molecule has 3 N–H and O–H groups in total. The van der Waals surface area contributed by atoms with E-state index in [9.17, 15) is 9.59 Å². The van der Waals surface area contributed by atoms with E-state index in [0.29, 0.717) is 0 Å². The number of rotatable bonds is 2. The molecule has 5 nitrogen and oxygen atoms in total. The normalized spacial score (nSPS) is 8.64. The van der Waals surface area contributed by atoms with Crippen molar-refractivity contribution in [3.63, 3.8) is 0 Å². The molecule has 14 heavy (non-hydrogen) atoms. The first-order valence-corrected chi connectivity index (χ1v) is 3.57. The summed E-state index contributed by atoms with van der Waals surface area (Å²) in [6.45, 7) is 0. The van der Waals surface area contributed by atoms with Crippen LogP contribution in [0.25, 0.3) is 0 Å². The van der Waals surface area contributed by atoms with Gasteiger partial charge in [0.15, 0.2) is 0 Å². The first kappa shape index (κ1) is 12.1. The standard InChI is InChI=1S/C9H8O4.H2O/c1-13-9(12)7-4-2-3-6(5-7)8(10)11;/h2-5H,1H3,(H,10,11);1H2. The number of hydrogen-bond acceptors (Lipinski definition) is 3. The predicted molar refractivity (Wildman–Crippen MR) is 48.4 cm³/mol. The summed E-state index contributed by atoms with van der Waals surface area (Å²) < 4.78 is 4.44. The molecule has 0 saturated heterocycles. The molecule has 0 spiro atoms. The molecular formula is C9H10O5. The number of carbonyl (C=O) groups is 2. The SMILES string of the molecule is COC(=O)c1cccc(C(=O)O)c1.O. The molecule has 76 valence electrons. The Morgan fingerprint density at radius 2 is 1.86 bits per heavy atom. The fourth-order valence-electron chi connectivity index (χ4n) is 0.897. The van der Waals surface area contributed by atoms with Crippen molar-refractivity contribution < 1.29 is 24.9 Å².